The number of aryl methyl sites for hydroxylation is 1. The molecule has 0 atom stereocenters. The Morgan fingerprint density at radius 3 is 2.69 bits per heavy atom. The van der Waals surface area contributed by atoms with Crippen LogP contribution in [0.4, 0.5) is 4.39 Å². The molecule has 1 aliphatic rings. The van der Waals surface area contributed by atoms with Crippen molar-refractivity contribution < 1.29 is 9.13 Å². The summed E-state index contributed by atoms with van der Waals surface area (Å²) in [5.41, 5.74) is 5.06. The molecule has 0 aliphatic carbocycles. The number of methoxy groups -OCH3 is 1. The summed E-state index contributed by atoms with van der Waals surface area (Å²) >= 11 is 0. The predicted molar refractivity (Wildman–Crippen MR) is 137 cm³/mol. The van der Waals surface area contributed by atoms with Crippen LogP contribution in [0.15, 0.2) is 49.1 Å². The highest BCUT2D eigenvalue weighted by Gasteiger charge is 2.21. The average Bonchev–Trinajstić information content (AvgIpc) is 3.52. The Morgan fingerprint density at radius 2 is 1.92 bits per heavy atom. The van der Waals surface area contributed by atoms with Crippen LogP contribution < -0.4 is 4.74 Å². The van der Waals surface area contributed by atoms with Gasteiger partial charge in [-0.1, -0.05) is 6.07 Å². The monoisotopic (exact) mass is 485 g/mol. The molecule has 0 radical (unpaired) electrons. The van der Waals surface area contributed by atoms with E-state index >= 15 is 4.39 Å². The summed E-state index contributed by atoms with van der Waals surface area (Å²) < 4.78 is 25.0. The van der Waals surface area contributed by atoms with Crippen LogP contribution >= 0.6 is 0 Å². The van der Waals surface area contributed by atoms with Gasteiger partial charge in [0.05, 0.1) is 31.2 Å². The first-order chi connectivity index (χ1) is 17.6. The van der Waals surface area contributed by atoms with Gasteiger partial charge in [0.2, 0.25) is 0 Å². The second-order valence-corrected chi connectivity index (χ2v) is 9.41. The van der Waals surface area contributed by atoms with Gasteiger partial charge < -0.3 is 14.2 Å². The van der Waals surface area contributed by atoms with Crippen molar-refractivity contribution in [1.82, 2.24) is 34.4 Å². The first kappa shape index (κ1) is 22.6. The summed E-state index contributed by atoms with van der Waals surface area (Å²) in [5, 5.41) is 14.2. The standard InChI is InChI=1S/C27H28FN7O/c1-4-34-16-29-26-22(14-30-31-27(26)34)17-5-6-23(28)20(11-17)21-12-18-15-35(19-7-9-33(2)10-8-19)32-24(18)13-25(21)36-3/h5-6,11-16,19H,4,7-10H2,1-3H3. The van der Waals surface area contributed by atoms with Crippen molar-refractivity contribution in [3.63, 3.8) is 0 Å². The second kappa shape index (κ2) is 8.98. The van der Waals surface area contributed by atoms with E-state index in [0.29, 0.717) is 28.6 Å². The maximum Gasteiger partial charge on any atom is 0.183 e. The first-order valence-corrected chi connectivity index (χ1v) is 12.3. The number of piperidine rings is 1. The zero-order valence-electron chi connectivity index (χ0n) is 20.6. The number of imidazole rings is 1. The third-order valence-electron chi connectivity index (χ3n) is 7.22. The van der Waals surface area contributed by atoms with Crippen LogP contribution in [0.2, 0.25) is 0 Å². The fraction of sp³-hybridized carbons (Fsp3) is 0.333. The molecule has 1 aliphatic heterocycles. The fourth-order valence-corrected chi connectivity index (χ4v) is 5.11. The number of fused-ring (bicyclic) bond motifs is 2. The van der Waals surface area contributed by atoms with E-state index in [1.54, 1.807) is 25.7 Å². The molecule has 1 fully saturated rings. The van der Waals surface area contributed by atoms with Gasteiger partial charge in [0.25, 0.3) is 0 Å². The average molecular weight is 486 g/mol. The molecular formula is C27H28FN7O. The molecule has 6 rings (SSSR count). The zero-order chi connectivity index (χ0) is 24.8. The number of benzene rings is 2. The van der Waals surface area contributed by atoms with Gasteiger partial charge in [0, 0.05) is 40.9 Å². The molecule has 0 unspecified atom stereocenters. The quantitative estimate of drug-likeness (QED) is 0.351. The van der Waals surface area contributed by atoms with Crippen LogP contribution in [0.3, 0.4) is 0 Å². The number of halogens is 1. The summed E-state index contributed by atoms with van der Waals surface area (Å²) in [6, 6.07) is 9.32. The minimum atomic E-state index is -0.323. The number of likely N-dealkylation sites (tertiary alicyclic amines) is 1. The predicted octanol–water partition coefficient (Wildman–Crippen LogP) is 4.94. The van der Waals surface area contributed by atoms with E-state index < -0.39 is 0 Å². The maximum atomic E-state index is 15.3. The van der Waals surface area contributed by atoms with Crippen LogP contribution in [0.25, 0.3) is 44.3 Å². The summed E-state index contributed by atoms with van der Waals surface area (Å²) in [7, 11) is 3.76. The minimum absolute atomic E-state index is 0.323. The lowest BCUT2D eigenvalue weighted by molar-refractivity contribution is 0.213. The van der Waals surface area contributed by atoms with Crippen LogP contribution in [0.1, 0.15) is 25.8 Å². The molecule has 0 spiro atoms. The van der Waals surface area contributed by atoms with Crippen LogP contribution in [-0.2, 0) is 6.54 Å². The highest BCUT2D eigenvalue weighted by atomic mass is 19.1. The van der Waals surface area contributed by atoms with Crippen molar-refractivity contribution in [3.05, 3.63) is 54.9 Å². The van der Waals surface area contributed by atoms with E-state index in [-0.39, 0.29) is 5.82 Å². The molecule has 3 aromatic heterocycles. The van der Waals surface area contributed by atoms with Crippen molar-refractivity contribution in [2.45, 2.75) is 32.4 Å². The lowest BCUT2D eigenvalue weighted by atomic mass is 9.97. The Labute approximate surface area is 208 Å². The summed E-state index contributed by atoms with van der Waals surface area (Å²) in [5.74, 6) is 0.261. The van der Waals surface area contributed by atoms with E-state index in [1.165, 1.54) is 6.07 Å². The molecule has 4 heterocycles. The molecule has 184 valence electrons. The van der Waals surface area contributed by atoms with Crippen molar-refractivity contribution in [2.75, 3.05) is 27.2 Å². The molecule has 9 heteroatoms. The van der Waals surface area contributed by atoms with Crippen LogP contribution in [-0.4, -0.2) is 61.7 Å². The molecule has 0 bridgehead atoms. The smallest absolute Gasteiger partial charge is 0.183 e. The van der Waals surface area contributed by atoms with E-state index in [2.05, 4.69) is 38.0 Å². The number of aromatic nitrogens is 6. The highest BCUT2D eigenvalue weighted by molar-refractivity contribution is 5.92. The Hall–Kier alpha value is -3.85. The zero-order valence-corrected chi connectivity index (χ0v) is 20.6. The van der Waals surface area contributed by atoms with E-state index in [1.807, 2.05) is 29.7 Å². The third kappa shape index (κ3) is 3.80. The molecule has 2 aromatic carbocycles. The molecule has 1 saturated heterocycles. The highest BCUT2D eigenvalue weighted by Crippen LogP contribution is 2.38. The van der Waals surface area contributed by atoms with Crippen LogP contribution in [0.5, 0.6) is 5.75 Å². The van der Waals surface area contributed by atoms with Crippen molar-refractivity contribution in [3.8, 4) is 28.0 Å². The molecule has 0 saturated carbocycles. The Bertz CT molecular complexity index is 1570. The van der Waals surface area contributed by atoms with Crippen molar-refractivity contribution >= 4 is 22.1 Å². The van der Waals surface area contributed by atoms with Gasteiger partial charge in [-0.25, -0.2) is 9.37 Å². The van der Waals surface area contributed by atoms with Crippen molar-refractivity contribution in [1.29, 1.82) is 0 Å². The van der Waals surface area contributed by atoms with Gasteiger partial charge in [-0.2, -0.15) is 10.2 Å². The number of hydrogen-bond donors (Lipinski definition) is 0. The van der Waals surface area contributed by atoms with Gasteiger partial charge in [-0.05, 0) is 63.7 Å². The molecule has 0 N–H and O–H groups in total. The van der Waals surface area contributed by atoms with E-state index in [9.17, 15) is 0 Å². The first-order valence-electron chi connectivity index (χ1n) is 12.3. The number of hydrogen-bond acceptors (Lipinski definition) is 6. The number of rotatable bonds is 5. The molecule has 8 nitrogen and oxygen atoms in total. The number of ether oxygens (including phenoxy) is 1. The SMILES string of the molecule is CCn1cnc2c(-c3ccc(F)c(-c4cc5cn(C6CCN(C)CC6)nc5cc4OC)c3)cnnc21. The summed E-state index contributed by atoms with van der Waals surface area (Å²) in [6.45, 7) is 4.89. The van der Waals surface area contributed by atoms with E-state index in [4.69, 9.17) is 9.84 Å². The fourth-order valence-electron chi connectivity index (χ4n) is 5.11. The topological polar surface area (TPSA) is 73.9 Å². The maximum absolute atomic E-state index is 15.3. The van der Waals surface area contributed by atoms with Crippen molar-refractivity contribution in [2.24, 2.45) is 0 Å². The molecule has 5 aromatic rings. The molecule has 0 amide bonds. The summed E-state index contributed by atoms with van der Waals surface area (Å²) in [6.07, 6.45) is 7.63. The third-order valence-corrected chi connectivity index (χ3v) is 7.22. The second-order valence-electron chi connectivity index (χ2n) is 9.41. The van der Waals surface area contributed by atoms with Gasteiger partial charge in [-0.3, -0.25) is 4.68 Å². The normalized spacial score (nSPS) is 15.2. The molecular weight excluding hydrogens is 457 g/mol. The largest absolute Gasteiger partial charge is 0.496 e. The Balaban J connectivity index is 1.45. The molecule has 36 heavy (non-hydrogen) atoms. The minimum Gasteiger partial charge on any atom is -0.496 e. The summed E-state index contributed by atoms with van der Waals surface area (Å²) in [4.78, 5) is 6.89. The lowest BCUT2D eigenvalue weighted by Gasteiger charge is -2.28. The van der Waals surface area contributed by atoms with E-state index in [0.717, 1.165) is 60.0 Å². The van der Waals surface area contributed by atoms with Gasteiger partial charge >= 0.3 is 0 Å². The van der Waals surface area contributed by atoms with Gasteiger partial charge in [0.1, 0.15) is 17.1 Å². The lowest BCUT2D eigenvalue weighted by Crippen LogP contribution is -2.31. The van der Waals surface area contributed by atoms with Crippen LogP contribution in [0, 0.1) is 5.82 Å². The Kier molecular flexibility index (Phi) is 5.64. The van der Waals surface area contributed by atoms with Gasteiger partial charge in [-0.15, -0.1) is 5.10 Å². The number of nitrogens with zero attached hydrogens (tertiary/aromatic N) is 7. The Morgan fingerprint density at radius 1 is 1.08 bits per heavy atom. The van der Waals surface area contributed by atoms with Gasteiger partial charge in [0.15, 0.2) is 5.65 Å².